The molecule has 0 heterocycles. The Labute approximate surface area is 71.9 Å². The van der Waals surface area contributed by atoms with E-state index < -0.39 is 5.97 Å². The van der Waals surface area contributed by atoms with E-state index in [1.807, 2.05) is 13.0 Å². The van der Waals surface area contributed by atoms with Crippen LogP contribution in [0.2, 0.25) is 0 Å². The maximum atomic E-state index is 10.0. The van der Waals surface area contributed by atoms with E-state index in [1.54, 1.807) is 6.08 Å². The lowest BCUT2D eigenvalue weighted by Gasteiger charge is -1.76. The van der Waals surface area contributed by atoms with Crippen molar-refractivity contribution in [2.45, 2.75) is 13.3 Å². The Bertz CT molecular complexity index is 281. The minimum Gasteiger partial charge on any atom is -0.481 e. The van der Waals surface area contributed by atoms with Crippen molar-refractivity contribution in [3.05, 3.63) is 30.0 Å². The Morgan fingerprint density at radius 3 is 2.83 bits per heavy atom. The average Bonchev–Trinajstić information content (AvgIpc) is 2.02. The van der Waals surface area contributed by atoms with Crippen LogP contribution in [0.25, 0.3) is 0 Å². The van der Waals surface area contributed by atoms with E-state index in [4.69, 9.17) is 5.11 Å². The summed E-state index contributed by atoms with van der Waals surface area (Å²) in [5.74, 6) is 4.51. The van der Waals surface area contributed by atoms with Crippen molar-refractivity contribution >= 4 is 5.97 Å². The lowest BCUT2D eigenvalue weighted by Crippen LogP contribution is -1.88. The molecule has 0 atom stereocenters. The van der Waals surface area contributed by atoms with Crippen molar-refractivity contribution in [1.82, 2.24) is 0 Å². The molecule has 0 aromatic rings. The minimum atomic E-state index is -0.864. The monoisotopic (exact) mass is 162 g/mol. The van der Waals surface area contributed by atoms with Gasteiger partial charge >= 0.3 is 5.97 Å². The van der Waals surface area contributed by atoms with Gasteiger partial charge in [-0.05, 0) is 19.1 Å². The average molecular weight is 162 g/mol. The predicted molar refractivity (Wildman–Crippen MR) is 47.5 cm³/mol. The molecule has 0 aliphatic rings. The number of rotatable bonds is 2. The first-order valence-electron chi connectivity index (χ1n) is 3.50. The second-order valence-electron chi connectivity index (χ2n) is 1.90. The standard InChI is InChI=1S/C10H10O2/c1-2-3-4-5-6-7-8-9-10(11)12/h2-3,6,8H,9H2,1H3,(H,11,12)/b3-2+. The number of aliphatic carboxylic acids is 1. The maximum absolute atomic E-state index is 10.0. The summed E-state index contributed by atoms with van der Waals surface area (Å²) in [7, 11) is 0. The summed E-state index contributed by atoms with van der Waals surface area (Å²) in [6.45, 7) is 1.87. The molecule has 1 N–H and O–H groups in total. The molecule has 2 nitrogen and oxygen atoms in total. The largest absolute Gasteiger partial charge is 0.481 e. The zero-order chi connectivity index (χ0) is 9.23. The molecule has 0 unspecified atom stereocenters. The van der Waals surface area contributed by atoms with E-state index in [1.165, 1.54) is 12.2 Å². The van der Waals surface area contributed by atoms with Gasteiger partial charge in [-0.3, -0.25) is 4.79 Å². The van der Waals surface area contributed by atoms with E-state index in [2.05, 4.69) is 17.6 Å². The van der Waals surface area contributed by atoms with Gasteiger partial charge in [0, 0.05) is 6.08 Å². The van der Waals surface area contributed by atoms with Gasteiger partial charge in [0.25, 0.3) is 0 Å². The summed E-state index contributed by atoms with van der Waals surface area (Å²) >= 11 is 0. The smallest absolute Gasteiger partial charge is 0.307 e. The maximum Gasteiger partial charge on any atom is 0.307 e. The van der Waals surface area contributed by atoms with E-state index in [9.17, 15) is 4.79 Å². The topological polar surface area (TPSA) is 37.3 Å². The number of allylic oxidation sites excluding steroid dienone is 2. The highest BCUT2D eigenvalue weighted by atomic mass is 16.4. The minimum absolute atomic E-state index is 0.0121. The Morgan fingerprint density at radius 2 is 2.25 bits per heavy atom. The third kappa shape index (κ3) is 8.29. The molecule has 0 aliphatic heterocycles. The summed E-state index contributed by atoms with van der Waals surface area (Å²) < 4.78 is 0. The Morgan fingerprint density at radius 1 is 1.50 bits per heavy atom. The fourth-order valence-electron chi connectivity index (χ4n) is 0.420. The highest BCUT2D eigenvalue weighted by Crippen LogP contribution is 1.78. The van der Waals surface area contributed by atoms with E-state index >= 15 is 0 Å². The normalized spacial score (nSPS) is 8.08. The van der Waals surface area contributed by atoms with Crippen molar-refractivity contribution < 1.29 is 9.90 Å². The fraction of sp³-hybridized carbons (Fsp3) is 0.200. The second-order valence-corrected chi connectivity index (χ2v) is 1.90. The molecule has 0 rings (SSSR count). The predicted octanol–water partition coefficient (Wildman–Crippen LogP) is 1.75. The molecule has 0 amide bonds. The fourth-order valence-corrected chi connectivity index (χ4v) is 0.420. The van der Waals surface area contributed by atoms with Crippen molar-refractivity contribution in [2.75, 3.05) is 0 Å². The SMILES string of the molecule is C/C=C/C#CC=C=CCC(=O)O. The molecule has 0 radical (unpaired) electrons. The van der Waals surface area contributed by atoms with Gasteiger partial charge in [0.05, 0.1) is 6.42 Å². The van der Waals surface area contributed by atoms with E-state index in [0.717, 1.165) is 0 Å². The summed E-state index contributed by atoms with van der Waals surface area (Å²) in [6, 6.07) is 0. The molecule has 0 spiro atoms. The highest BCUT2D eigenvalue weighted by molar-refractivity contribution is 5.68. The first-order chi connectivity index (χ1) is 5.77. The van der Waals surface area contributed by atoms with Crippen LogP contribution in [-0.2, 0) is 4.79 Å². The summed E-state index contributed by atoms with van der Waals surface area (Å²) in [6.07, 6.45) is 6.43. The number of carboxylic acids is 1. The molecule has 0 aliphatic carbocycles. The number of hydrogen-bond acceptors (Lipinski definition) is 1. The van der Waals surface area contributed by atoms with Crippen LogP contribution in [-0.4, -0.2) is 11.1 Å². The van der Waals surface area contributed by atoms with Crippen LogP contribution in [0, 0.1) is 11.8 Å². The molecule has 12 heavy (non-hydrogen) atoms. The third-order valence-corrected chi connectivity index (χ3v) is 0.883. The van der Waals surface area contributed by atoms with Crippen LogP contribution in [0.4, 0.5) is 0 Å². The Kier molecular flexibility index (Phi) is 6.34. The summed E-state index contributed by atoms with van der Waals surface area (Å²) in [5.41, 5.74) is 2.64. The molecule has 62 valence electrons. The van der Waals surface area contributed by atoms with Gasteiger partial charge in [-0.25, -0.2) is 0 Å². The van der Waals surface area contributed by atoms with Crippen molar-refractivity contribution in [1.29, 1.82) is 0 Å². The zero-order valence-corrected chi connectivity index (χ0v) is 6.87. The molecule has 0 aromatic heterocycles. The zero-order valence-electron chi connectivity index (χ0n) is 6.87. The van der Waals surface area contributed by atoms with Crippen LogP contribution in [0.1, 0.15) is 13.3 Å². The van der Waals surface area contributed by atoms with Crippen LogP contribution in [0.3, 0.4) is 0 Å². The molecule has 0 bridgehead atoms. The van der Waals surface area contributed by atoms with Crippen molar-refractivity contribution in [3.63, 3.8) is 0 Å². The second kappa shape index (κ2) is 7.40. The van der Waals surface area contributed by atoms with Gasteiger partial charge in [0.2, 0.25) is 0 Å². The molecule has 0 saturated carbocycles. The van der Waals surface area contributed by atoms with Crippen molar-refractivity contribution in [2.24, 2.45) is 0 Å². The third-order valence-electron chi connectivity index (χ3n) is 0.883. The molecule has 0 fully saturated rings. The highest BCUT2D eigenvalue weighted by Gasteiger charge is 1.85. The lowest BCUT2D eigenvalue weighted by molar-refractivity contribution is -0.135. The Balaban J connectivity index is 3.85. The molecular weight excluding hydrogens is 152 g/mol. The lowest BCUT2D eigenvalue weighted by atomic mass is 10.4. The molecular formula is C10H10O2. The van der Waals surface area contributed by atoms with Crippen LogP contribution >= 0.6 is 0 Å². The Hall–Kier alpha value is -1.71. The summed E-state index contributed by atoms with van der Waals surface area (Å²) in [4.78, 5) is 10.0. The number of carboxylic acid groups (broad SMARTS) is 1. The van der Waals surface area contributed by atoms with E-state index in [0.29, 0.717) is 0 Å². The summed E-state index contributed by atoms with van der Waals surface area (Å²) in [5, 5.41) is 8.22. The molecule has 0 aromatic carbocycles. The quantitative estimate of drug-likeness (QED) is 0.496. The number of hydrogen-bond donors (Lipinski definition) is 1. The number of carbonyl (C=O) groups is 1. The van der Waals surface area contributed by atoms with Gasteiger partial charge < -0.3 is 5.11 Å². The van der Waals surface area contributed by atoms with Gasteiger partial charge in [0.1, 0.15) is 0 Å². The van der Waals surface area contributed by atoms with Gasteiger partial charge in [-0.1, -0.05) is 17.9 Å². The first-order valence-corrected chi connectivity index (χ1v) is 3.50. The van der Waals surface area contributed by atoms with Gasteiger partial charge in [-0.15, -0.1) is 5.73 Å². The van der Waals surface area contributed by atoms with Gasteiger partial charge in [-0.2, -0.15) is 0 Å². The van der Waals surface area contributed by atoms with Crippen LogP contribution < -0.4 is 0 Å². The van der Waals surface area contributed by atoms with Gasteiger partial charge in [0.15, 0.2) is 0 Å². The van der Waals surface area contributed by atoms with Crippen LogP contribution in [0.5, 0.6) is 0 Å². The first kappa shape index (κ1) is 10.3. The molecule has 0 saturated heterocycles. The van der Waals surface area contributed by atoms with Crippen molar-refractivity contribution in [3.8, 4) is 11.8 Å². The van der Waals surface area contributed by atoms with E-state index in [-0.39, 0.29) is 6.42 Å². The molecule has 2 heteroatoms. The van der Waals surface area contributed by atoms with Crippen LogP contribution in [0.15, 0.2) is 30.0 Å².